The highest BCUT2D eigenvalue weighted by Crippen LogP contribution is 2.35. The molecule has 1 aromatic carbocycles. The van der Waals surface area contributed by atoms with Gasteiger partial charge < -0.3 is 19.7 Å². The van der Waals surface area contributed by atoms with Crippen molar-refractivity contribution in [1.29, 1.82) is 0 Å². The maximum absolute atomic E-state index is 11.3. The van der Waals surface area contributed by atoms with Gasteiger partial charge in [-0.2, -0.15) is 16.8 Å². The van der Waals surface area contributed by atoms with E-state index in [1.54, 1.807) is 0 Å². The molecule has 0 spiro atoms. The van der Waals surface area contributed by atoms with Crippen LogP contribution < -0.4 is 9.47 Å². The topological polar surface area (TPSA) is 202 Å². The van der Waals surface area contributed by atoms with Gasteiger partial charge in [-0.15, -0.1) is 0 Å². The zero-order valence-corrected chi connectivity index (χ0v) is 13.1. The lowest BCUT2D eigenvalue weighted by Gasteiger charge is -2.13. The molecule has 0 saturated carbocycles. The van der Waals surface area contributed by atoms with Gasteiger partial charge in [0.1, 0.15) is 21.3 Å². The van der Waals surface area contributed by atoms with Gasteiger partial charge in [-0.05, 0) is 0 Å². The molecule has 0 aliphatic rings. The molecule has 24 heavy (non-hydrogen) atoms. The molecule has 1 aromatic rings. The second kappa shape index (κ2) is 7.00. The summed E-state index contributed by atoms with van der Waals surface area (Å²) in [6.45, 7) is -2.19. The van der Waals surface area contributed by atoms with Crippen LogP contribution in [0.25, 0.3) is 0 Å². The number of hydrogen-bond acceptors (Lipinski definition) is 8. The summed E-state index contributed by atoms with van der Waals surface area (Å²) in [6, 6.07) is 0.747. The van der Waals surface area contributed by atoms with E-state index in [4.69, 9.17) is 19.3 Å². The fraction of sp³-hybridized carbons (Fsp3) is 0.200. The molecule has 0 radical (unpaired) electrons. The predicted molar refractivity (Wildman–Crippen MR) is 72.3 cm³/mol. The van der Waals surface area contributed by atoms with Crippen molar-refractivity contribution in [3.05, 3.63) is 12.1 Å². The fourth-order valence-electron chi connectivity index (χ4n) is 1.43. The van der Waals surface area contributed by atoms with Gasteiger partial charge in [0, 0.05) is 12.1 Å². The molecule has 0 aliphatic carbocycles. The first kappa shape index (κ1) is 19.6. The molecule has 14 heteroatoms. The van der Waals surface area contributed by atoms with Crippen LogP contribution in [0.5, 0.6) is 11.5 Å². The lowest BCUT2D eigenvalue weighted by atomic mass is 10.3. The summed E-state index contributed by atoms with van der Waals surface area (Å²) >= 11 is 0. The Hall–Kier alpha value is -2.42. The van der Waals surface area contributed by atoms with Gasteiger partial charge in [-0.3, -0.25) is 9.11 Å². The van der Waals surface area contributed by atoms with Gasteiger partial charge in [0.05, 0.1) is 0 Å². The average molecular weight is 386 g/mol. The van der Waals surface area contributed by atoms with E-state index in [0.717, 1.165) is 0 Å². The Bertz CT molecular complexity index is 794. The minimum Gasteiger partial charge on any atom is -0.480 e. The molecule has 12 nitrogen and oxygen atoms in total. The summed E-state index contributed by atoms with van der Waals surface area (Å²) in [5.41, 5.74) is 0. The van der Waals surface area contributed by atoms with E-state index >= 15 is 0 Å². The fourth-order valence-corrected chi connectivity index (χ4v) is 2.69. The van der Waals surface area contributed by atoms with Crippen molar-refractivity contribution < 1.29 is 55.2 Å². The Morgan fingerprint density at radius 3 is 1.29 bits per heavy atom. The first-order valence-corrected chi connectivity index (χ1v) is 8.52. The first-order chi connectivity index (χ1) is 10.8. The van der Waals surface area contributed by atoms with Crippen LogP contribution in [0.3, 0.4) is 0 Å². The summed E-state index contributed by atoms with van der Waals surface area (Å²) in [7, 11) is -10.1. The lowest BCUT2D eigenvalue weighted by Crippen LogP contribution is -2.15. The standard InChI is InChI=1S/C10H10O12S2/c11-9(12)3-21-5-1-7(23(15,16)17)6(22-4-10(13)14)2-8(5)24(18,19)20/h1-2H,3-4H2,(H,11,12)(H,13,14)(H,15,16,17)(H,18,19,20). The third-order valence-corrected chi connectivity index (χ3v) is 4.02. The third-order valence-electron chi connectivity index (χ3n) is 2.27. The summed E-state index contributed by atoms with van der Waals surface area (Å²) in [4.78, 5) is 18.8. The van der Waals surface area contributed by atoms with Gasteiger partial charge in [-0.25, -0.2) is 9.59 Å². The van der Waals surface area contributed by atoms with E-state index in [1.165, 1.54) is 0 Å². The molecule has 0 amide bonds. The predicted octanol–water partition coefficient (Wildman–Crippen LogP) is -0.893. The van der Waals surface area contributed by atoms with Crippen molar-refractivity contribution in [2.45, 2.75) is 9.79 Å². The van der Waals surface area contributed by atoms with Gasteiger partial charge in [0.25, 0.3) is 20.2 Å². The van der Waals surface area contributed by atoms with Crippen molar-refractivity contribution >= 4 is 32.2 Å². The number of carboxylic acids is 2. The Morgan fingerprint density at radius 2 is 1.08 bits per heavy atom. The molecule has 1 rings (SSSR count). The van der Waals surface area contributed by atoms with Crippen LogP contribution in [0.1, 0.15) is 0 Å². The van der Waals surface area contributed by atoms with Crippen molar-refractivity contribution in [1.82, 2.24) is 0 Å². The van der Waals surface area contributed by atoms with Crippen LogP contribution in [-0.2, 0) is 29.8 Å². The Kier molecular flexibility index (Phi) is 5.72. The molecule has 0 aliphatic heterocycles. The SMILES string of the molecule is O=C(O)COc1cc(S(=O)(=O)O)c(OCC(=O)O)cc1S(=O)(=O)O. The lowest BCUT2D eigenvalue weighted by molar-refractivity contribution is -0.140. The molecule has 0 aromatic heterocycles. The van der Waals surface area contributed by atoms with Crippen LogP contribution in [0.2, 0.25) is 0 Å². The number of hydrogen-bond donors (Lipinski definition) is 4. The Morgan fingerprint density at radius 1 is 0.792 bits per heavy atom. The summed E-state index contributed by atoms with van der Waals surface area (Å²) in [5.74, 6) is -4.91. The summed E-state index contributed by atoms with van der Waals surface area (Å²) < 4.78 is 72.5. The smallest absolute Gasteiger partial charge is 0.341 e. The molecule has 4 N–H and O–H groups in total. The van der Waals surface area contributed by atoms with Crippen LogP contribution in [0.4, 0.5) is 0 Å². The van der Waals surface area contributed by atoms with Crippen LogP contribution in [-0.4, -0.2) is 61.3 Å². The number of aliphatic carboxylic acids is 2. The van der Waals surface area contributed by atoms with Crippen molar-refractivity contribution in [3.8, 4) is 11.5 Å². The molecule has 0 fully saturated rings. The molecule has 0 bridgehead atoms. The van der Waals surface area contributed by atoms with Crippen LogP contribution in [0.15, 0.2) is 21.9 Å². The number of benzene rings is 1. The minimum absolute atomic E-state index is 0.374. The summed E-state index contributed by atoms with van der Waals surface area (Å²) in [6.07, 6.45) is 0. The number of carboxylic acid groups (broad SMARTS) is 2. The van der Waals surface area contributed by atoms with Crippen molar-refractivity contribution in [3.63, 3.8) is 0 Å². The Labute approximate surface area is 134 Å². The largest absolute Gasteiger partial charge is 0.480 e. The van der Waals surface area contributed by atoms with Crippen molar-refractivity contribution in [2.75, 3.05) is 13.2 Å². The third kappa shape index (κ3) is 5.34. The maximum Gasteiger partial charge on any atom is 0.341 e. The zero-order valence-electron chi connectivity index (χ0n) is 11.4. The molecule has 0 atom stereocenters. The number of ether oxygens (including phenoxy) is 2. The normalized spacial score (nSPS) is 11.8. The van der Waals surface area contributed by atoms with E-state index in [-0.39, 0.29) is 0 Å². The first-order valence-electron chi connectivity index (χ1n) is 5.64. The summed E-state index contributed by atoms with van der Waals surface area (Å²) in [5, 5.41) is 17.0. The van der Waals surface area contributed by atoms with Crippen LogP contribution in [0, 0.1) is 0 Å². The van der Waals surface area contributed by atoms with Gasteiger partial charge in [0.2, 0.25) is 0 Å². The van der Waals surface area contributed by atoms with E-state index in [1.807, 2.05) is 0 Å². The van der Waals surface area contributed by atoms with Crippen LogP contribution >= 0.6 is 0 Å². The highest BCUT2D eigenvalue weighted by atomic mass is 32.2. The van der Waals surface area contributed by atoms with E-state index in [9.17, 15) is 26.4 Å². The average Bonchev–Trinajstić information content (AvgIpc) is 2.40. The highest BCUT2D eigenvalue weighted by molar-refractivity contribution is 7.86. The molecular formula is C10H10O12S2. The number of rotatable bonds is 8. The maximum atomic E-state index is 11.3. The second-order valence-electron chi connectivity index (χ2n) is 4.06. The molecule has 134 valence electrons. The van der Waals surface area contributed by atoms with Gasteiger partial charge in [-0.1, -0.05) is 0 Å². The molecular weight excluding hydrogens is 376 g/mol. The molecule has 0 heterocycles. The highest BCUT2D eigenvalue weighted by Gasteiger charge is 2.27. The zero-order chi connectivity index (χ0) is 18.7. The van der Waals surface area contributed by atoms with E-state index in [2.05, 4.69) is 9.47 Å². The van der Waals surface area contributed by atoms with E-state index in [0.29, 0.717) is 12.1 Å². The molecule has 0 saturated heterocycles. The van der Waals surface area contributed by atoms with Gasteiger partial charge in [0.15, 0.2) is 13.2 Å². The number of carbonyl (C=O) groups is 2. The Balaban J connectivity index is 3.59. The van der Waals surface area contributed by atoms with Gasteiger partial charge >= 0.3 is 11.9 Å². The van der Waals surface area contributed by atoms with Crippen molar-refractivity contribution in [2.24, 2.45) is 0 Å². The van der Waals surface area contributed by atoms with E-state index < -0.39 is 66.7 Å². The monoisotopic (exact) mass is 386 g/mol. The quantitative estimate of drug-likeness (QED) is 0.402. The second-order valence-corrected chi connectivity index (χ2v) is 6.84. The minimum atomic E-state index is -5.03. The molecule has 0 unspecified atom stereocenters.